The van der Waals surface area contributed by atoms with E-state index in [2.05, 4.69) is 6.92 Å². The number of carboxylic acid groups (broad SMARTS) is 1. The molecule has 0 aromatic rings. The normalized spacial score (nSPS) is 14.0. The van der Waals surface area contributed by atoms with Crippen molar-refractivity contribution < 1.29 is 15.0 Å². The van der Waals surface area contributed by atoms with E-state index in [1.54, 1.807) is 0 Å². The predicted molar refractivity (Wildman–Crippen MR) is 93.6 cm³/mol. The summed E-state index contributed by atoms with van der Waals surface area (Å²) in [6.07, 6.45) is 13.9. The fourth-order valence-electron chi connectivity index (χ4n) is 2.65. The number of carbonyl (C=O) groups is 1. The average molecular weight is 335 g/mol. The lowest BCUT2D eigenvalue weighted by Crippen LogP contribution is -2.20. The first-order chi connectivity index (χ1) is 10.6. The van der Waals surface area contributed by atoms with Gasteiger partial charge in [0.1, 0.15) is 0 Å². The Hall–Kier alpha value is -0.280. The maximum absolute atomic E-state index is 10.4. The summed E-state index contributed by atoms with van der Waals surface area (Å²) in [5, 5.41) is 18.4. The number of alkyl halides is 1. The molecule has 0 saturated carbocycles. The lowest BCUT2D eigenvalue weighted by Gasteiger charge is -2.16. The molecule has 0 aliphatic rings. The van der Waals surface area contributed by atoms with Gasteiger partial charge in [-0.3, -0.25) is 4.79 Å². The second kappa shape index (κ2) is 15.6. The number of hydrogen-bond acceptors (Lipinski definition) is 2. The van der Waals surface area contributed by atoms with Gasteiger partial charge < -0.3 is 10.2 Å². The molecule has 0 saturated heterocycles. The molecule has 132 valence electrons. The molecule has 0 spiro atoms. The average Bonchev–Trinajstić information content (AvgIpc) is 2.49. The molecule has 0 unspecified atom stereocenters. The van der Waals surface area contributed by atoms with Gasteiger partial charge in [0.05, 0.1) is 11.5 Å². The molecule has 2 N–H and O–H groups in total. The van der Waals surface area contributed by atoms with E-state index >= 15 is 0 Å². The van der Waals surface area contributed by atoms with Crippen LogP contribution in [0, 0.1) is 0 Å². The van der Waals surface area contributed by atoms with Gasteiger partial charge in [-0.2, -0.15) is 0 Å². The number of aliphatic hydroxyl groups excluding tert-OH is 1. The monoisotopic (exact) mass is 334 g/mol. The van der Waals surface area contributed by atoms with Crippen LogP contribution < -0.4 is 0 Å². The van der Waals surface area contributed by atoms with Crippen LogP contribution in [0.4, 0.5) is 0 Å². The van der Waals surface area contributed by atoms with Gasteiger partial charge in [-0.1, -0.05) is 71.1 Å². The largest absolute Gasteiger partial charge is 0.481 e. The molecule has 0 heterocycles. The maximum Gasteiger partial charge on any atom is 0.303 e. The van der Waals surface area contributed by atoms with Crippen LogP contribution in [0.15, 0.2) is 0 Å². The van der Waals surface area contributed by atoms with Gasteiger partial charge >= 0.3 is 5.97 Å². The van der Waals surface area contributed by atoms with Crippen molar-refractivity contribution in [3.8, 4) is 0 Å². The Bertz CT molecular complexity index is 259. The molecule has 0 aliphatic carbocycles. The number of aliphatic carboxylic acids is 1. The quantitative estimate of drug-likeness (QED) is 0.288. The van der Waals surface area contributed by atoms with Gasteiger partial charge in [-0.25, -0.2) is 0 Å². The van der Waals surface area contributed by atoms with Crippen molar-refractivity contribution in [2.45, 2.75) is 108 Å². The Morgan fingerprint density at radius 3 is 1.95 bits per heavy atom. The first-order valence-corrected chi connectivity index (χ1v) is 9.55. The molecule has 3 nitrogen and oxygen atoms in total. The molecule has 0 fully saturated rings. The molecule has 2 atom stereocenters. The lowest BCUT2D eigenvalue weighted by atomic mass is 10.0. The standard InChI is InChI=1S/C18H35ClO3/c1-2-3-4-5-7-10-13-16(19)17(20)14-11-8-6-9-12-15-18(21)22/h16-17,20H,2-15H2,1H3,(H,21,22)/t16-,17+/m0/s1. The lowest BCUT2D eigenvalue weighted by molar-refractivity contribution is -0.137. The number of carboxylic acids is 1. The fourth-order valence-corrected chi connectivity index (χ4v) is 2.93. The number of rotatable bonds is 16. The minimum Gasteiger partial charge on any atom is -0.481 e. The zero-order valence-corrected chi connectivity index (χ0v) is 15.0. The van der Waals surface area contributed by atoms with Crippen LogP contribution in [0.5, 0.6) is 0 Å². The Kier molecular flexibility index (Phi) is 15.4. The Morgan fingerprint density at radius 1 is 0.864 bits per heavy atom. The van der Waals surface area contributed by atoms with E-state index in [4.69, 9.17) is 16.7 Å². The van der Waals surface area contributed by atoms with E-state index in [0.717, 1.165) is 51.4 Å². The minimum absolute atomic E-state index is 0.113. The summed E-state index contributed by atoms with van der Waals surface area (Å²) in [5.74, 6) is -0.713. The molecular formula is C18H35ClO3. The molecular weight excluding hydrogens is 300 g/mol. The van der Waals surface area contributed by atoms with Gasteiger partial charge in [-0.05, 0) is 19.3 Å². The van der Waals surface area contributed by atoms with Crippen LogP contribution in [0.25, 0.3) is 0 Å². The minimum atomic E-state index is -0.713. The predicted octanol–water partition coefficient (Wildman–Crippen LogP) is 5.52. The van der Waals surface area contributed by atoms with Crippen molar-refractivity contribution in [1.29, 1.82) is 0 Å². The molecule has 0 radical (unpaired) electrons. The van der Waals surface area contributed by atoms with Crippen molar-refractivity contribution >= 4 is 17.6 Å². The second-order valence-corrected chi connectivity index (χ2v) is 6.90. The van der Waals surface area contributed by atoms with E-state index in [1.807, 2.05) is 0 Å². The van der Waals surface area contributed by atoms with Crippen LogP contribution in [0.1, 0.15) is 96.8 Å². The molecule has 0 rings (SSSR count). The molecule has 0 aliphatic heterocycles. The number of halogens is 1. The van der Waals surface area contributed by atoms with Crippen LogP contribution in [0.3, 0.4) is 0 Å². The van der Waals surface area contributed by atoms with E-state index in [0.29, 0.717) is 0 Å². The van der Waals surface area contributed by atoms with Crippen LogP contribution in [-0.2, 0) is 4.79 Å². The van der Waals surface area contributed by atoms with Crippen molar-refractivity contribution in [3.05, 3.63) is 0 Å². The highest BCUT2D eigenvalue weighted by Gasteiger charge is 2.15. The summed E-state index contributed by atoms with van der Waals surface area (Å²) in [6, 6.07) is 0. The summed E-state index contributed by atoms with van der Waals surface area (Å²) in [4.78, 5) is 10.4. The number of aliphatic hydroxyl groups is 1. The van der Waals surface area contributed by atoms with Gasteiger partial charge in [0.25, 0.3) is 0 Å². The van der Waals surface area contributed by atoms with Gasteiger partial charge in [-0.15, -0.1) is 11.6 Å². The third-order valence-electron chi connectivity index (χ3n) is 4.14. The summed E-state index contributed by atoms with van der Waals surface area (Å²) in [5.41, 5.74) is 0. The topological polar surface area (TPSA) is 57.5 Å². The van der Waals surface area contributed by atoms with Crippen LogP contribution in [-0.4, -0.2) is 27.7 Å². The van der Waals surface area contributed by atoms with E-state index < -0.39 is 12.1 Å². The molecule has 0 aromatic carbocycles. The first kappa shape index (κ1) is 21.7. The summed E-state index contributed by atoms with van der Waals surface area (Å²) in [6.45, 7) is 2.22. The number of unbranched alkanes of at least 4 members (excludes halogenated alkanes) is 9. The highest BCUT2D eigenvalue weighted by Crippen LogP contribution is 2.18. The van der Waals surface area contributed by atoms with Crippen molar-refractivity contribution in [3.63, 3.8) is 0 Å². The molecule has 0 aromatic heterocycles. The third-order valence-corrected chi connectivity index (χ3v) is 4.65. The molecule has 4 heteroatoms. The fraction of sp³-hybridized carbons (Fsp3) is 0.944. The zero-order valence-electron chi connectivity index (χ0n) is 14.2. The van der Waals surface area contributed by atoms with E-state index in [9.17, 15) is 9.90 Å². The van der Waals surface area contributed by atoms with Gasteiger partial charge in [0.2, 0.25) is 0 Å². The SMILES string of the molecule is CCCCCCCC[C@H](Cl)[C@H](O)CCCCCCCC(=O)O. The summed E-state index contributed by atoms with van der Waals surface area (Å²) in [7, 11) is 0. The Labute approximate surface area is 141 Å². The van der Waals surface area contributed by atoms with Crippen LogP contribution >= 0.6 is 11.6 Å². The second-order valence-electron chi connectivity index (χ2n) is 6.34. The molecule has 0 amide bonds. The van der Waals surface area contributed by atoms with Crippen molar-refractivity contribution in [1.82, 2.24) is 0 Å². The molecule has 22 heavy (non-hydrogen) atoms. The molecule has 0 bridgehead atoms. The van der Waals surface area contributed by atoms with Gasteiger partial charge in [0, 0.05) is 6.42 Å². The Morgan fingerprint density at radius 2 is 1.36 bits per heavy atom. The highest BCUT2D eigenvalue weighted by molar-refractivity contribution is 6.21. The first-order valence-electron chi connectivity index (χ1n) is 9.11. The van der Waals surface area contributed by atoms with Crippen LogP contribution in [0.2, 0.25) is 0 Å². The highest BCUT2D eigenvalue weighted by atomic mass is 35.5. The van der Waals surface area contributed by atoms with Crippen molar-refractivity contribution in [2.75, 3.05) is 0 Å². The zero-order chi connectivity index (χ0) is 16.6. The Balaban J connectivity index is 3.38. The maximum atomic E-state index is 10.4. The third kappa shape index (κ3) is 14.6. The summed E-state index contributed by atoms with van der Waals surface area (Å²) < 4.78 is 0. The van der Waals surface area contributed by atoms with Crippen molar-refractivity contribution in [2.24, 2.45) is 0 Å². The van der Waals surface area contributed by atoms with E-state index in [-0.39, 0.29) is 11.8 Å². The van der Waals surface area contributed by atoms with E-state index in [1.165, 1.54) is 32.1 Å². The van der Waals surface area contributed by atoms with Gasteiger partial charge in [0.15, 0.2) is 0 Å². The smallest absolute Gasteiger partial charge is 0.303 e. The number of hydrogen-bond donors (Lipinski definition) is 2. The summed E-state index contributed by atoms with van der Waals surface area (Å²) >= 11 is 6.25.